The third kappa shape index (κ3) is 3.09. The number of nitrogens with zero attached hydrogens (tertiary/aromatic N) is 1. The van der Waals surface area contributed by atoms with E-state index in [1.165, 1.54) is 0 Å². The van der Waals surface area contributed by atoms with E-state index in [4.69, 9.17) is 0 Å². The maximum atomic E-state index is 12.3. The normalized spacial score (nSPS) is 27.8. The molecule has 0 unspecified atom stereocenters. The Kier molecular flexibility index (Phi) is 2.42. The zero-order valence-electron chi connectivity index (χ0n) is 6.94. The minimum Gasteiger partial charge on any atom is -0.448 e. The van der Waals surface area contributed by atoms with Crippen molar-refractivity contribution < 1.29 is 18.8 Å². The van der Waals surface area contributed by atoms with Gasteiger partial charge in [0.05, 0.1) is 0 Å². The van der Waals surface area contributed by atoms with Crippen molar-refractivity contribution >= 4 is 6.98 Å². The molecule has 0 amide bonds. The molecule has 0 aromatic heterocycles. The van der Waals surface area contributed by atoms with Crippen molar-refractivity contribution in [3.05, 3.63) is 0 Å². The number of alkyl halides is 1. The lowest BCUT2D eigenvalue weighted by Crippen LogP contribution is -2.36. The van der Waals surface area contributed by atoms with Gasteiger partial charge in [-0.1, -0.05) is 0 Å². The summed E-state index contributed by atoms with van der Waals surface area (Å²) < 4.78 is 47.5. The number of likely N-dealkylation sites (tertiary alicyclic amines) is 1. The van der Waals surface area contributed by atoms with Crippen molar-refractivity contribution in [2.24, 2.45) is 0 Å². The molecule has 0 aliphatic carbocycles. The average molecular weight is 171 g/mol. The van der Waals surface area contributed by atoms with E-state index in [1.807, 2.05) is 0 Å². The monoisotopic (exact) mass is 171 g/mol. The Morgan fingerprint density at radius 2 is 2.09 bits per heavy atom. The highest BCUT2D eigenvalue weighted by atomic mass is 19.4. The van der Waals surface area contributed by atoms with Crippen LogP contribution in [0, 0.1) is 0 Å². The van der Waals surface area contributed by atoms with Crippen LogP contribution in [0.5, 0.6) is 0 Å². The maximum Gasteiger partial charge on any atom is 1.00 e. The summed E-state index contributed by atoms with van der Waals surface area (Å²) in [4.78, 5) is 1.12. The molecule has 0 bridgehead atoms. The first-order valence-electron chi connectivity index (χ1n) is 3.55. The largest absolute Gasteiger partial charge is 1.00 e. The quantitative estimate of drug-likeness (QED) is 0.449. The highest BCUT2D eigenvalue weighted by Gasteiger charge is 2.30. The summed E-state index contributed by atoms with van der Waals surface area (Å²) in [7, 11) is 0. The molecule has 1 heterocycles. The fourth-order valence-corrected chi connectivity index (χ4v) is 1.24. The lowest BCUT2D eigenvalue weighted by atomic mass is 9.91. The summed E-state index contributed by atoms with van der Waals surface area (Å²) >= 11 is 0. The van der Waals surface area contributed by atoms with Crippen LogP contribution in [0.25, 0.3) is 0 Å². The molecule has 1 saturated heterocycles. The molecule has 66 valence electrons. The van der Waals surface area contributed by atoms with Gasteiger partial charge in [0.15, 0.2) is 0 Å². The van der Waals surface area contributed by atoms with E-state index in [2.05, 4.69) is 0 Å². The number of rotatable bonds is 2. The van der Waals surface area contributed by atoms with Crippen LogP contribution in [0.1, 0.15) is 7.85 Å². The Bertz CT molecular complexity index is 142. The van der Waals surface area contributed by atoms with Crippen molar-refractivity contribution in [1.29, 1.82) is 0 Å². The Labute approximate surface area is 63.9 Å². The van der Waals surface area contributed by atoms with Crippen molar-refractivity contribution in [3.63, 3.8) is 0 Å². The molecule has 1 atom stereocenters. The van der Waals surface area contributed by atoms with Crippen LogP contribution in [0.3, 0.4) is 0 Å². The molecule has 11 heavy (non-hydrogen) atoms. The fraction of sp³-hybridized carbons (Fsp3) is 1.00. The van der Waals surface area contributed by atoms with E-state index in [0.29, 0.717) is 0 Å². The summed E-state index contributed by atoms with van der Waals surface area (Å²) in [6.45, 7) is -4.59. The van der Waals surface area contributed by atoms with Crippen LogP contribution in [-0.4, -0.2) is 37.6 Å². The highest BCUT2D eigenvalue weighted by Crippen LogP contribution is 2.17. The van der Waals surface area contributed by atoms with E-state index in [1.54, 1.807) is 0 Å². The summed E-state index contributed by atoms with van der Waals surface area (Å²) in [5, 5.41) is 0. The topological polar surface area (TPSA) is 3.24 Å². The zero-order valence-corrected chi connectivity index (χ0v) is 5.94. The van der Waals surface area contributed by atoms with Crippen LogP contribution in [0.15, 0.2) is 0 Å². The molecule has 0 aromatic carbocycles. The molecular formula is C5H10BF4N. The molecule has 0 saturated carbocycles. The minimum atomic E-state index is -4.78. The standard InChI is InChI=1S/C5H9BF4N/c7-5-1-2-11(3-5)4-6(8,9)10/h5H,1-4H2/q-1/p+1/t5-/m0/s1. The van der Waals surface area contributed by atoms with Crippen LogP contribution in [0.2, 0.25) is 0 Å². The molecule has 0 N–H and O–H groups in total. The minimum absolute atomic E-state index is 0. The lowest BCUT2D eigenvalue weighted by molar-refractivity contribution is 0.290. The van der Waals surface area contributed by atoms with Crippen molar-refractivity contribution in [2.75, 3.05) is 19.5 Å². The zero-order chi connectivity index (χ0) is 8.48. The summed E-state index contributed by atoms with van der Waals surface area (Å²) in [5.41, 5.74) is 0. The predicted molar refractivity (Wildman–Crippen MR) is 36.1 cm³/mol. The second-order valence-electron chi connectivity index (χ2n) is 2.86. The van der Waals surface area contributed by atoms with Crippen LogP contribution in [0.4, 0.5) is 17.3 Å². The second kappa shape index (κ2) is 3.01. The van der Waals surface area contributed by atoms with Crippen molar-refractivity contribution in [2.45, 2.75) is 12.6 Å². The van der Waals surface area contributed by atoms with Crippen LogP contribution >= 0.6 is 0 Å². The molecule has 1 nitrogen and oxygen atoms in total. The maximum absolute atomic E-state index is 12.3. The SMILES string of the molecule is F[C@H]1CCN(C[B-](F)(F)F)C1.[H+]. The third-order valence-corrected chi connectivity index (χ3v) is 1.68. The molecule has 1 rings (SSSR count). The van der Waals surface area contributed by atoms with Crippen LogP contribution < -0.4 is 0 Å². The first kappa shape index (κ1) is 8.84. The third-order valence-electron chi connectivity index (χ3n) is 1.68. The predicted octanol–water partition coefficient (Wildman–Crippen LogP) is 1.53. The van der Waals surface area contributed by atoms with E-state index in [-0.39, 0.29) is 20.9 Å². The Morgan fingerprint density at radius 1 is 1.45 bits per heavy atom. The van der Waals surface area contributed by atoms with E-state index in [9.17, 15) is 17.3 Å². The van der Waals surface area contributed by atoms with E-state index >= 15 is 0 Å². The molecule has 1 aliphatic rings. The van der Waals surface area contributed by atoms with Gasteiger partial charge in [0.25, 0.3) is 0 Å². The van der Waals surface area contributed by atoms with Gasteiger partial charge in [-0.05, 0) is 19.4 Å². The Morgan fingerprint density at radius 3 is 2.45 bits per heavy atom. The lowest BCUT2D eigenvalue weighted by Gasteiger charge is -2.22. The van der Waals surface area contributed by atoms with Gasteiger partial charge in [0, 0.05) is 6.54 Å². The first-order chi connectivity index (χ1) is 4.97. The summed E-state index contributed by atoms with van der Waals surface area (Å²) in [6.07, 6.45) is -1.74. The van der Waals surface area contributed by atoms with Crippen molar-refractivity contribution in [3.8, 4) is 0 Å². The number of halogens is 4. The van der Waals surface area contributed by atoms with Gasteiger partial charge in [-0.3, -0.25) is 0 Å². The molecule has 6 heteroatoms. The van der Waals surface area contributed by atoms with Crippen LogP contribution in [-0.2, 0) is 0 Å². The van der Waals surface area contributed by atoms with E-state index in [0.717, 1.165) is 4.90 Å². The Hall–Kier alpha value is -0.255. The average Bonchev–Trinajstić information content (AvgIpc) is 2.10. The highest BCUT2D eigenvalue weighted by molar-refractivity contribution is 6.58. The summed E-state index contributed by atoms with van der Waals surface area (Å²) in [5.74, 6) is 0. The van der Waals surface area contributed by atoms with Gasteiger partial charge >= 0.3 is 8.40 Å². The molecule has 0 aromatic rings. The fourth-order valence-electron chi connectivity index (χ4n) is 1.24. The number of hydrogen-bond donors (Lipinski definition) is 0. The molecule has 1 aliphatic heterocycles. The molecule has 0 spiro atoms. The molecular weight excluding hydrogens is 161 g/mol. The number of hydrogen-bond acceptors (Lipinski definition) is 1. The van der Waals surface area contributed by atoms with Gasteiger partial charge in [-0.15, -0.1) is 0 Å². The second-order valence-corrected chi connectivity index (χ2v) is 2.86. The first-order valence-corrected chi connectivity index (χ1v) is 3.55. The van der Waals surface area contributed by atoms with Gasteiger partial charge in [-0.25, -0.2) is 4.39 Å². The van der Waals surface area contributed by atoms with E-state index < -0.39 is 19.6 Å². The molecule has 1 fully saturated rings. The van der Waals surface area contributed by atoms with Gasteiger partial charge < -0.3 is 17.8 Å². The Balaban J connectivity index is 0.00000121. The van der Waals surface area contributed by atoms with Gasteiger partial charge in [0.2, 0.25) is 0 Å². The van der Waals surface area contributed by atoms with Gasteiger partial charge in [0.1, 0.15) is 6.17 Å². The smallest absolute Gasteiger partial charge is 0.448 e. The summed E-state index contributed by atoms with van der Waals surface area (Å²) in [6, 6.07) is 0. The van der Waals surface area contributed by atoms with Gasteiger partial charge in [-0.2, -0.15) is 0 Å². The van der Waals surface area contributed by atoms with Crippen molar-refractivity contribution in [1.82, 2.24) is 4.90 Å². The molecule has 0 radical (unpaired) electrons.